The maximum Gasteiger partial charge on any atom is 0.176 e. The summed E-state index contributed by atoms with van der Waals surface area (Å²) in [5, 5.41) is 8.75. The van der Waals surface area contributed by atoms with Crippen LogP contribution in [0.4, 0.5) is 0 Å². The Balaban J connectivity index is 1.87. The summed E-state index contributed by atoms with van der Waals surface area (Å²) >= 11 is 0. The lowest BCUT2D eigenvalue weighted by Gasteiger charge is -2.36. The van der Waals surface area contributed by atoms with Gasteiger partial charge < -0.3 is 0 Å². The fraction of sp³-hybridized carbons (Fsp3) is 0.500. The van der Waals surface area contributed by atoms with E-state index in [9.17, 15) is 4.79 Å². The van der Waals surface area contributed by atoms with Gasteiger partial charge in [0.1, 0.15) is 0 Å². The van der Waals surface area contributed by atoms with Crippen molar-refractivity contribution in [2.75, 3.05) is 32.7 Å². The fourth-order valence-corrected chi connectivity index (χ4v) is 2.46. The van der Waals surface area contributed by atoms with Gasteiger partial charge in [-0.1, -0.05) is 12.1 Å². The van der Waals surface area contributed by atoms with E-state index in [1.807, 2.05) is 0 Å². The molecule has 1 aromatic carbocycles. The summed E-state index contributed by atoms with van der Waals surface area (Å²) in [6.07, 6.45) is 0. The standard InChI is InChI=1S/C16H21N3O/c1-13(2)19-9-7-18(8-10-19)12-16(20)15-5-3-14(11-17)4-6-15/h3-6,13H,7-10,12H2,1-2H3. The van der Waals surface area contributed by atoms with Gasteiger partial charge in [0.25, 0.3) is 0 Å². The average molecular weight is 271 g/mol. The molecular formula is C16H21N3O. The van der Waals surface area contributed by atoms with E-state index in [4.69, 9.17) is 5.26 Å². The Morgan fingerprint density at radius 1 is 1.20 bits per heavy atom. The quantitative estimate of drug-likeness (QED) is 0.783. The lowest BCUT2D eigenvalue weighted by Crippen LogP contribution is -2.50. The third kappa shape index (κ3) is 3.66. The lowest BCUT2D eigenvalue weighted by molar-refractivity contribution is 0.0807. The topological polar surface area (TPSA) is 47.3 Å². The molecule has 0 saturated carbocycles. The number of hydrogen-bond donors (Lipinski definition) is 0. The molecule has 106 valence electrons. The molecule has 0 amide bonds. The van der Waals surface area contributed by atoms with Gasteiger partial charge in [0, 0.05) is 37.8 Å². The normalized spacial score (nSPS) is 17.1. The largest absolute Gasteiger partial charge is 0.298 e. The molecule has 4 heteroatoms. The van der Waals surface area contributed by atoms with Crippen molar-refractivity contribution in [1.82, 2.24) is 9.80 Å². The van der Waals surface area contributed by atoms with Gasteiger partial charge in [0.05, 0.1) is 18.2 Å². The molecule has 0 unspecified atom stereocenters. The molecule has 20 heavy (non-hydrogen) atoms. The second kappa shape index (κ2) is 6.65. The summed E-state index contributed by atoms with van der Waals surface area (Å²) in [5.74, 6) is 0.132. The Kier molecular flexibility index (Phi) is 4.89. The number of Topliss-reactive ketones (excluding diaryl/α,β-unsaturated/α-hetero) is 1. The fourth-order valence-electron chi connectivity index (χ4n) is 2.46. The highest BCUT2D eigenvalue weighted by Gasteiger charge is 2.20. The van der Waals surface area contributed by atoms with Gasteiger partial charge in [-0.15, -0.1) is 0 Å². The highest BCUT2D eigenvalue weighted by atomic mass is 16.1. The van der Waals surface area contributed by atoms with Crippen molar-refractivity contribution in [2.24, 2.45) is 0 Å². The van der Waals surface area contributed by atoms with Crippen LogP contribution in [0.5, 0.6) is 0 Å². The van der Waals surface area contributed by atoms with Gasteiger partial charge in [-0.2, -0.15) is 5.26 Å². The van der Waals surface area contributed by atoms with Gasteiger partial charge >= 0.3 is 0 Å². The van der Waals surface area contributed by atoms with Crippen molar-refractivity contribution in [3.63, 3.8) is 0 Å². The molecule has 0 bridgehead atoms. The molecule has 4 nitrogen and oxygen atoms in total. The van der Waals surface area contributed by atoms with Crippen LogP contribution in [0.15, 0.2) is 24.3 Å². The minimum atomic E-state index is 0.132. The van der Waals surface area contributed by atoms with E-state index >= 15 is 0 Å². The van der Waals surface area contributed by atoms with E-state index < -0.39 is 0 Å². The Labute approximate surface area is 120 Å². The Hall–Kier alpha value is -1.70. The molecule has 0 atom stereocenters. The highest BCUT2D eigenvalue weighted by molar-refractivity contribution is 5.97. The van der Waals surface area contributed by atoms with Crippen LogP contribution in [0, 0.1) is 11.3 Å². The molecular weight excluding hydrogens is 250 g/mol. The van der Waals surface area contributed by atoms with Crippen LogP contribution < -0.4 is 0 Å². The predicted octanol–water partition coefficient (Wildman–Crippen LogP) is 1.77. The number of ketones is 1. The monoisotopic (exact) mass is 271 g/mol. The number of hydrogen-bond acceptors (Lipinski definition) is 4. The summed E-state index contributed by atoms with van der Waals surface area (Å²) in [4.78, 5) is 16.8. The number of carbonyl (C=O) groups is 1. The SMILES string of the molecule is CC(C)N1CCN(CC(=O)c2ccc(C#N)cc2)CC1. The van der Waals surface area contributed by atoms with Crippen molar-refractivity contribution in [2.45, 2.75) is 19.9 Å². The summed E-state index contributed by atoms with van der Waals surface area (Å²) in [5.41, 5.74) is 1.28. The minimum Gasteiger partial charge on any atom is -0.298 e. The first-order chi connectivity index (χ1) is 9.60. The average Bonchev–Trinajstić information content (AvgIpc) is 2.48. The summed E-state index contributed by atoms with van der Waals surface area (Å²) in [7, 11) is 0. The molecule has 1 aliphatic rings. The van der Waals surface area contributed by atoms with Crippen LogP contribution in [0.3, 0.4) is 0 Å². The second-order valence-electron chi connectivity index (χ2n) is 5.52. The molecule has 1 heterocycles. The van der Waals surface area contributed by atoms with E-state index in [-0.39, 0.29) is 5.78 Å². The van der Waals surface area contributed by atoms with Crippen LogP contribution in [0.25, 0.3) is 0 Å². The van der Waals surface area contributed by atoms with Gasteiger partial charge in [-0.3, -0.25) is 14.6 Å². The summed E-state index contributed by atoms with van der Waals surface area (Å²) < 4.78 is 0. The number of benzene rings is 1. The summed E-state index contributed by atoms with van der Waals surface area (Å²) in [6, 6.07) is 9.52. The molecule has 2 rings (SSSR count). The first kappa shape index (κ1) is 14.7. The van der Waals surface area contributed by atoms with Crippen molar-refractivity contribution in [3.05, 3.63) is 35.4 Å². The molecule has 0 aliphatic carbocycles. The van der Waals surface area contributed by atoms with Gasteiger partial charge in [0.2, 0.25) is 0 Å². The van der Waals surface area contributed by atoms with Crippen molar-refractivity contribution in [3.8, 4) is 6.07 Å². The molecule has 1 fully saturated rings. The smallest absolute Gasteiger partial charge is 0.176 e. The van der Waals surface area contributed by atoms with Crippen LogP contribution in [0.2, 0.25) is 0 Å². The minimum absolute atomic E-state index is 0.132. The third-order valence-electron chi connectivity index (χ3n) is 3.84. The van der Waals surface area contributed by atoms with E-state index in [0.29, 0.717) is 23.7 Å². The molecule has 0 aromatic heterocycles. The van der Waals surface area contributed by atoms with Gasteiger partial charge in [-0.05, 0) is 26.0 Å². The van der Waals surface area contributed by atoms with E-state index in [2.05, 4.69) is 29.7 Å². The zero-order valence-electron chi connectivity index (χ0n) is 12.2. The number of nitrogens with zero attached hydrogens (tertiary/aromatic N) is 3. The van der Waals surface area contributed by atoms with E-state index in [1.54, 1.807) is 24.3 Å². The number of piperazine rings is 1. The van der Waals surface area contributed by atoms with Gasteiger partial charge in [-0.25, -0.2) is 0 Å². The second-order valence-corrected chi connectivity index (χ2v) is 5.52. The molecule has 1 aliphatic heterocycles. The molecule has 0 spiro atoms. The van der Waals surface area contributed by atoms with E-state index in [0.717, 1.165) is 26.2 Å². The third-order valence-corrected chi connectivity index (χ3v) is 3.84. The zero-order valence-corrected chi connectivity index (χ0v) is 12.2. The van der Waals surface area contributed by atoms with Crippen LogP contribution in [-0.2, 0) is 0 Å². The molecule has 1 saturated heterocycles. The molecule has 0 radical (unpaired) electrons. The van der Waals surface area contributed by atoms with Crippen LogP contribution in [-0.4, -0.2) is 54.3 Å². The molecule has 1 aromatic rings. The number of nitriles is 1. The van der Waals surface area contributed by atoms with Crippen LogP contribution in [0.1, 0.15) is 29.8 Å². The maximum atomic E-state index is 12.2. The predicted molar refractivity (Wildman–Crippen MR) is 78.6 cm³/mol. The molecule has 0 N–H and O–H groups in total. The van der Waals surface area contributed by atoms with Crippen molar-refractivity contribution < 1.29 is 4.79 Å². The summed E-state index contributed by atoms with van der Waals surface area (Å²) in [6.45, 7) is 8.82. The van der Waals surface area contributed by atoms with Gasteiger partial charge in [0.15, 0.2) is 5.78 Å². The Bertz CT molecular complexity index is 493. The Morgan fingerprint density at radius 3 is 2.30 bits per heavy atom. The van der Waals surface area contributed by atoms with Crippen LogP contribution >= 0.6 is 0 Å². The Morgan fingerprint density at radius 2 is 1.80 bits per heavy atom. The zero-order chi connectivity index (χ0) is 14.5. The number of carbonyl (C=O) groups excluding carboxylic acids is 1. The van der Waals surface area contributed by atoms with Crippen molar-refractivity contribution >= 4 is 5.78 Å². The van der Waals surface area contributed by atoms with E-state index in [1.165, 1.54) is 0 Å². The first-order valence-corrected chi connectivity index (χ1v) is 7.10. The maximum absolute atomic E-state index is 12.2. The lowest BCUT2D eigenvalue weighted by atomic mass is 10.1. The number of rotatable bonds is 4. The highest BCUT2D eigenvalue weighted by Crippen LogP contribution is 2.09. The van der Waals surface area contributed by atoms with Crippen molar-refractivity contribution in [1.29, 1.82) is 5.26 Å². The first-order valence-electron chi connectivity index (χ1n) is 7.10.